The molecule has 0 aromatic rings. The summed E-state index contributed by atoms with van der Waals surface area (Å²) in [6, 6.07) is 0.152. The zero-order valence-electron chi connectivity index (χ0n) is 12.3. The molecule has 2 rings (SSSR count). The van der Waals surface area contributed by atoms with Crippen molar-refractivity contribution in [3.63, 3.8) is 0 Å². The van der Waals surface area contributed by atoms with Gasteiger partial charge in [-0.3, -0.25) is 9.69 Å². The van der Waals surface area contributed by atoms with E-state index in [1.54, 1.807) is 0 Å². The number of nitrogens with one attached hydrogen (secondary N) is 1. The molecule has 0 aromatic heterocycles. The molecule has 7 heteroatoms. The van der Waals surface area contributed by atoms with Crippen molar-refractivity contribution < 1.29 is 13.2 Å². The van der Waals surface area contributed by atoms with Crippen LogP contribution in [0.3, 0.4) is 0 Å². The Morgan fingerprint density at radius 1 is 1.15 bits per heavy atom. The molecule has 6 nitrogen and oxygen atoms in total. The summed E-state index contributed by atoms with van der Waals surface area (Å²) in [5.41, 5.74) is 0. The van der Waals surface area contributed by atoms with Crippen molar-refractivity contribution in [1.29, 1.82) is 0 Å². The van der Waals surface area contributed by atoms with Crippen molar-refractivity contribution in [3.8, 4) is 0 Å². The van der Waals surface area contributed by atoms with E-state index in [0.29, 0.717) is 32.2 Å². The Bertz CT molecular complexity index is 438. The zero-order valence-corrected chi connectivity index (χ0v) is 13.2. The number of carbonyl (C=O) groups excluding carboxylic acids is 1. The molecule has 1 N–H and O–H groups in total. The van der Waals surface area contributed by atoms with Gasteiger partial charge in [0, 0.05) is 32.2 Å². The Labute approximate surface area is 121 Å². The standard InChI is InChI=1S/C13H25N3O3S/c1-11(13(17)14-12-5-3-4-6-12)15-7-9-16(10-8-15)20(2,18)19/h11-12H,3-10H2,1-2H3,(H,14,17)/t11-/m1/s1. The fraction of sp³-hybridized carbons (Fsp3) is 0.923. The van der Waals surface area contributed by atoms with E-state index in [1.165, 1.54) is 23.4 Å². The minimum Gasteiger partial charge on any atom is -0.352 e. The Balaban J connectivity index is 1.81. The molecule has 1 atom stereocenters. The summed E-state index contributed by atoms with van der Waals surface area (Å²) in [7, 11) is -3.11. The molecule has 2 aliphatic rings. The lowest BCUT2D eigenvalue weighted by molar-refractivity contribution is -0.127. The molecule has 20 heavy (non-hydrogen) atoms. The smallest absolute Gasteiger partial charge is 0.237 e. The van der Waals surface area contributed by atoms with E-state index in [1.807, 2.05) is 6.92 Å². The Morgan fingerprint density at radius 2 is 1.70 bits per heavy atom. The fourth-order valence-electron chi connectivity index (χ4n) is 2.98. The Hall–Kier alpha value is -0.660. The van der Waals surface area contributed by atoms with Crippen molar-refractivity contribution in [2.45, 2.75) is 44.7 Å². The SMILES string of the molecule is C[C@H](C(=O)NC1CCCC1)N1CCN(S(C)(=O)=O)CC1. The van der Waals surface area contributed by atoms with Crippen LogP contribution in [0.5, 0.6) is 0 Å². The van der Waals surface area contributed by atoms with Gasteiger partial charge in [-0.2, -0.15) is 4.31 Å². The van der Waals surface area contributed by atoms with Crippen molar-refractivity contribution in [2.24, 2.45) is 0 Å². The van der Waals surface area contributed by atoms with E-state index in [-0.39, 0.29) is 11.9 Å². The second kappa shape index (κ2) is 6.41. The number of hydrogen-bond acceptors (Lipinski definition) is 4. The second-order valence-electron chi connectivity index (χ2n) is 5.86. The van der Waals surface area contributed by atoms with Crippen molar-refractivity contribution >= 4 is 15.9 Å². The molecule has 0 aromatic carbocycles. The summed E-state index contributed by atoms with van der Waals surface area (Å²) in [5.74, 6) is 0.0738. The first-order chi connectivity index (χ1) is 9.38. The quantitative estimate of drug-likeness (QED) is 0.794. The first-order valence-corrected chi connectivity index (χ1v) is 9.22. The average Bonchev–Trinajstić information content (AvgIpc) is 2.90. The Kier molecular flexibility index (Phi) is 5.04. The van der Waals surface area contributed by atoms with Crippen LogP contribution in [0.4, 0.5) is 0 Å². The van der Waals surface area contributed by atoms with Gasteiger partial charge in [0.15, 0.2) is 0 Å². The van der Waals surface area contributed by atoms with Gasteiger partial charge in [0.25, 0.3) is 0 Å². The third-order valence-corrected chi connectivity index (χ3v) is 5.67. The topological polar surface area (TPSA) is 69.7 Å². The average molecular weight is 303 g/mol. The van der Waals surface area contributed by atoms with Gasteiger partial charge in [-0.25, -0.2) is 8.42 Å². The number of hydrogen-bond donors (Lipinski definition) is 1. The highest BCUT2D eigenvalue weighted by Gasteiger charge is 2.29. The maximum atomic E-state index is 12.2. The van der Waals surface area contributed by atoms with Crippen molar-refractivity contribution in [2.75, 3.05) is 32.4 Å². The summed E-state index contributed by atoms with van der Waals surface area (Å²) in [4.78, 5) is 14.3. The molecule has 1 heterocycles. The van der Waals surface area contributed by atoms with Crippen LogP contribution in [0.15, 0.2) is 0 Å². The van der Waals surface area contributed by atoms with E-state index in [9.17, 15) is 13.2 Å². The minimum atomic E-state index is -3.11. The summed E-state index contributed by atoms with van der Waals surface area (Å²) in [5, 5.41) is 3.10. The largest absolute Gasteiger partial charge is 0.352 e. The lowest BCUT2D eigenvalue weighted by Crippen LogP contribution is -2.55. The number of piperazine rings is 1. The minimum absolute atomic E-state index is 0.0738. The molecule has 0 unspecified atom stereocenters. The highest BCUT2D eigenvalue weighted by molar-refractivity contribution is 7.88. The fourth-order valence-corrected chi connectivity index (χ4v) is 3.81. The van der Waals surface area contributed by atoms with Gasteiger partial charge >= 0.3 is 0 Å². The van der Waals surface area contributed by atoms with Gasteiger partial charge in [-0.05, 0) is 19.8 Å². The Morgan fingerprint density at radius 3 is 2.20 bits per heavy atom. The highest BCUT2D eigenvalue weighted by atomic mass is 32.2. The van der Waals surface area contributed by atoms with E-state index >= 15 is 0 Å². The predicted molar refractivity (Wildman–Crippen MR) is 77.9 cm³/mol. The number of sulfonamides is 1. The normalized spacial score (nSPS) is 24.7. The van der Waals surface area contributed by atoms with Crippen LogP contribution in [0, 0.1) is 0 Å². The number of carbonyl (C=O) groups is 1. The number of amides is 1. The van der Waals surface area contributed by atoms with Crippen LogP contribution >= 0.6 is 0 Å². The van der Waals surface area contributed by atoms with Crippen molar-refractivity contribution in [1.82, 2.24) is 14.5 Å². The molecule has 0 radical (unpaired) electrons. The van der Waals surface area contributed by atoms with Gasteiger partial charge in [-0.1, -0.05) is 12.8 Å². The van der Waals surface area contributed by atoms with Gasteiger partial charge in [0.2, 0.25) is 15.9 Å². The lowest BCUT2D eigenvalue weighted by Gasteiger charge is -2.36. The molecular weight excluding hydrogens is 278 g/mol. The molecular formula is C13H25N3O3S. The lowest BCUT2D eigenvalue weighted by atomic mass is 10.2. The van der Waals surface area contributed by atoms with E-state index in [4.69, 9.17) is 0 Å². The molecule has 1 saturated heterocycles. The van der Waals surface area contributed by atoms with Crippen LogP contribution in [-0.4, -0.2) is 68.0 Å². The van der Waals surface area contributed by atoms with E-state index in [2.05, 4.69) is 10.2 Å². The van der Waals surface area contributed by atoms with E-state index < -0.39 is 10.0 Å². The van der Waals surface area contributed by atoms with Gasteiger partial charge in [0.05, 0.1) is 12.3 Å². The van der Waals surface area contributed by atoms with Crippen LogP contribution in [-0.2, 0) is 14.8 Å². The second-order valence-corrected chi connectivity index (χ2v) is 7.85. The van der Waals surface area contributed by atoms with Gasteiger partial charge in [0.1, 0.15) is 0 Å². The number of nitrogens with zero attached hydrogens (tertiary/aromatic N) is 2. The van der Waals surface area contributed by atoms with Gasteiger partial charge in [-0.15, -0.1) is 0 Å². The molecule has 116 valence electrons. The third kappa shape index (κ3) is 3.93. The molecule has 1 aliphatic heterocycles. The highest BCUT2D eigenvalue weighted by Crippen LogP contribution is 2.18. The van der Waals surface area contributed by atoms with Crippen LogP contribution in [0.1, 0.15) is 32.6 Å². The summed E-state index contributed by atoms with van der Waals surface area (Å²) in [6.45, 7) is 4.08. The monoisotopic (exact) mass is 303 g/mol. The molecule has 1 saturated carbocycles. The van der Waals surface area contributed by atoms with Crippen molar-refractivity contribution in [3.05, 3.63) is 0 Å². The maximum Gasteiger partial charge on any atom is 0.237 e. The molecule has 1 aliphatic carbocycles. The number of rotatable bonds is 4. The molecule has 0 bridgehead atoms. The predicted octanol–water partition coefficient (Wildman–Crippen LogP) is 0.0109. The third-order valence-electron chi connectivity index (χ3n) is 4.37. The van der Waals surface area contributed by atoms with Gasteiger partial charge < -0.3 is 5.32 Å². The maximum absolute atomic E-state index is 12.2. The first-order valence-electron chi connectivity index (χ1n) is 7.37. The molecule has 1 amide bonds. The molecule has 0 spiro atoms. The van der Waals surface area contributed by atoms with Crippen LogP contribution < -0.4 is 5.32 Å². The summed E-state index contributed by atoms with van der Waals surface area (Å²) < 4.78 is 24.4. The summed E-state index contributed by atoms with van der Waals surface area (Å²) >= 11 is 0. The zero-order chi connectivity index (χ0) is 14.8. The molecule has 2 fully saturated rings. The van der Waals surface area contributed by atoms with E-state index in [0.717, 1.165) is 12.8 Å². The first kappa shape index (κ1) is 15.7. The summed E-state index contributed by atoms with van der Waals surface area (Å²) in [6.07, 6.45) is 5.80. The van der Waals surface area contributed by atoms with Crippen LogP contribution in [0.2, 0.25) is 0 Å². The van der Waals surface area contributed by atoms with Crippen LogP contribution in [0.25, 0.3) is 0 Å².